The summed E-state index contributed by atoms with van der Waals surface area (Å²) >= 11 is 11.6. The summed E-state index contributed by atoms with van der Waals surface area (Å²) in [5.41, 5.74) is 2.84. The van der Waals surface area contributed by atoms with Crippen LogP contribution in [0.1, 0.15) is 16.7 Å². The van der Waals surface area contributed by atoms with Crippen LogP contribution in [0.3, 0.4) is 0 Å². The molecule has 0 N–H and O–H groups in total. The molecular weight excluding hydrogens is 270 g/mol. The number of rotatable bonds is 2. The summed E-state index contributed by atoms with van der Waals surface area (Å²) in [4.78, 5) is 0. The van der Waals surface area contributed by atoms with Gasteiger partial charge in [-0.05, 0) is 35.7 Å². The van der Waals surface area contributed by atoms with E-state index in [-0.39, 0.29) is 5.02 Å². The van der Waals surface area contributed by atoms with Gasteiger partial charge in [-0.15, -0.1) is 0 Å². The van der Waals surface area contributed by atoms with Crippen molar-refractivity contribution < 1.29 is 4.39 Å². The molecule has 0 nitrogen and oxygen atoms in total. The van der Waals surface area contributed by atoms with Crippen molar-refractivity contribution in [2.24, 2.45) is 0 Å². The molecule has 0 amide bonds. The maximum absolute atomic E-state index is 13.3. The largest absolute Gasteiger partial charge is 0.205 e. The average Bonchev–Trinajstić information content (AvgIpc) is 2.34. The maximum Gasteiger partial charge on any atom is 0.142 e. The smallest absolute Gasteiger partial charge is 0.142 e. The molecule has 0 radical (unpaired) electrons. The number of halogens is 3. The minimum Gasteiger partial charge on any atom is -0.205 e. The lowest BCUT2D eigenvalue weighted by Crippen LogP contribution is -1.83. The van der Waals surface area contributed by atoms with Gasteiger partial charge in [0.15, 0.2) is 0 Å². The molecule has 0 aliphatic carbocycles. The fourth-order valence-corrected chi connectivity index (χ4v) is 2.07. The van der Waals surface area contributed by atoms with Crippen molar-refractivity contribution >= 4 is 35.4 Å². The Kier molecular flexibility index (Phi) is 4.05. The Balaban J connectivity index is 2.35. The number of benzene rings is 2. The standard InChI is InChI=1S/C15H11Cl2F/c1-10-4-2-3-5-11(10)6-7-12-8-15(18)14(17)9-13(12)16/h2-9H,1H3. The molecule has 0 aliphatic heterocycles. The summed E-state index contributed by atoms with van der Waals surface area (Å²) in [6, 6.07) is 10.7. The average molecular weight is 281 g/mol. The quantitative estimate of drug-likeness (QED) is 0.495. The van der Waals surface area contributed by atoms with E-state index in [9.17, 15) is 4.39 Å². The van der Waals surface area contributed by atoms with Crippen LogP contribution in [0.15, 0.2) is 36.4 Å². The van der Waals surface area contributed by atoms with Crippen LogP contribution in [0, 0.1) is 12.7 Å². The monoisotopic (exact) mass is 280 g/mol. The van der Waals surface area contributed by atoms with Crippen molar-refractivity contribution in [1.29, 1.82) is 0 Å². The fraction of sp³-hybridized carbons (Fsp3) is 0.0667. The predicted molar refractivity (Wildman–Crippen MR) is 76.5 cm³/mol. The van der Waals surface area contributed by atoms with Gasteiger partial charge in [0.1, 0.15) is 5.82 Å². The third kappa shape index (κ3) is 2.92. The van der Waals surface area contributed by atoms with E-state index in [1.165, 1.54) is 12.1 Å². The Hall–Kier alpha value is -1.31. The first-order valence-electron chi connectivity index (χ1n) is 5.46. The normalized spacial score (nSPS) is 11.1. The van der Waals surface area contributed by atoms with Crippen molar-refractivity contribution in [3.05, 3.63) is 69.0 Å². The number of aryl methyl sites for hydroxylation is 1. The zero-order valence-corrected chi connectivity index (χ0v) is 11.3. The predicted octanol–water partition coefficient (Wildman–Crippen LogP) is 5.61. The first-order chi connectivity index (χ1) is 8.58. The molecule has 0 aliphatic rings. The first-order valence-corrected chi connectivity index (χ1v) is 6.22. The van der Waals surface area contributed by atoms with Crippen molar-refractivity contribution in [2.45, 2.75) is 6.92 Å². The SMILES string of the molecule is Cc1ccccc1C=Cc1cc(F)c(Cl)cc1Cl. The lowest BCUT2D eigenvalue weighted by molar-refractivity contribution is 0.628. The van der Waals surface area contributed by atoms with E-state index >= 15 is 0 Å². The van der Waals surface area contributed by atoms with Crippen LogP contribution in [0.4, 0.5) is 4.39 Å². The minimum absolute atomic E-state index is 0.0352. The Labute approximate surface area is 116 Å². The lowest BCUT2D eigenvalue weighted by atomic mass is 10.1. The van der Waals surface area contributed by atoms with Gasteiger partial charge in [-0.25, -0.2) is 4.39 Å². The molecule has 0 aromatic heterocycles. The zero-order chi connectivity index (χ0) is 13.1. The van der Waals surface area contributed by atoms with Gasteiger partial charge >= 0.3 is 0 Å². The van der Waals surface area contributed by atoms with Crippen molar-refractivity contribution in [3.8, 4) is 0 Å². The van der Waals surface area contributed by atoms with Crippen molar-refractivity contribution in [3.63, 3.8) is 0 Å². The second kappa shape index (κ2) is 5.55. The van der Waals surface area contributed by atoms with E-state index in [0.717, 1.165) is 11.1 Å². The van der Waals surface area contributed by atoms with Crippen LogP contribution >= 0.6 is 23.2 Å². The van der Waals surface area contributed by atoms with Gasteiger partial charge in [-0.1, -0.05) is 59.6 Å². The third-order valence-electron chi connectivity index (χ3n) is 2.67. The summed E-state index contributed by atoms with van der Waals surface area (Å²) in [5, 5.41) is 0.472. The van der Waals surface area contributed by atoms with E-state index in [4.69, 9.17) is 23.2 Å². The second-order valence-corrected chi connectivity index (χ2v) is 4.79. The number of hydrogen-bond acceptors (Lipinski definition) is 0. The summed E-state index contributed by atoms with van der Waals surface area (Å²) in [6.07, 6.45) is 3.69. The molecule has 3 heteroatoms. The molecule has 0 heterocycles. The van der Waals surface area contributed by atoms with E-state index in [0.29, 0.717) is 10.6 Å². The lowest BCUT2D eigenvalue weighted by Gasteiger charge is -2.02. The Morgan fingerprint density at radius 3 is 2.33 bits per heavy atom. The molecule has 0 atom stereocenters. The third-order valence-corrected chi connectivity index (χ3v) is 3.29. The van der Waals surface area contributed by atoms with Gasteiger partial charge in [0.05, 0.1) is 5.02 Å². The molecule has 0 saturated carbocycles. The van der Waals surface area contributed by atoms with Crippen LogP contribution in [-0.2, 0) is 0 Å². The zero-order valence-electron chi connectivity index (χ0n) is 9.75. The Morgan fingerprint density at radius 2 is 1.61 bits per heavy atom. The molecule has 2 aromatic rings. The molecule has 0 spiro atoms. The van der Waals surface area contributed by atoms with Crippen LogP contribution in [-0.4, -0.2) is 0 Å². The van der Waals surface area contributed by atoms with Crippen molar-refractivity contribution in [2.75, 3.05) is 0 Å². The molecule has 0 saturated heterocycles. The molecule has 2 aromatic carbocycles. The van der Waals surface area contributed by atoms with Crippen molar-refractivity contribution in [1.82, 2.24) is 0 Å². The summed E-state index contributed by atoms with van der Waals surface area (Å²) < 4.78 is 13.3. The van der Waals surface area contributed by atoms with Gasteiger partial charge in [0.25, 0.3) is 0 Å². The maximum atomic E-state index is 13.3. The van der Waals surface area contributed by atoms with E-state index in [1.807, 2.05) is 37.3 Å². The van der Waals surface area contributed by atoms with E-state index < -0.39 is 5.82 Å². The molecule has 0 unspecified atom stereocenters. The van der Waals surface area contributed by atoms with Crippen LogP contribution in [0.2, 0.25) is 10.0 Å². The highest BCUT2D eigenvalue weighted by atomic mass is 35.5. The summed E-state index contributed by atoms with van der Waals surface area (Å²) in [6.45, 7) is 2.02. The van der Waals surface area contributed by atoms with Crippen LogP contribution in [0.5, 0.6) is 0 Å². The molecule has 0 fully saturated rings. The topological polar surface area (TPSA) is 0 Å². The van der Waals surface area contributed by atoms with Crippen LogP contribution in [0.25, 0.3) is 12.2 Å². The minimum atomic E-state index is -0.467. The van der Waals surface area contributed by atoms with Crippen LogP contribution < -0.4 is 0 Å². The molecule has 0 bridgehead atoms. The van der Waals surface area contributed by atoms with Gasteiger partial charge in [0.2, 0.25) is 0 Å². The van der Waals surface area contributed by atoms with Gasteiger partial charge in [0, 0.05) is 5.02 Å². The molecular formula is C15H11Cl2F. The highest BCUT2D eigenvalue weighted by Gasteiger charge is 2.04. The second-order valence-electron chi connectivity index (χ2n) is 3.98. The summed E-state index contributed by atoms with van der Waals surface area (Å²) in [7, 11) is 0. The Bertz CT molecular complexity index is 603. The fourth-order valence-electron chi connectivity index (χ4n) is 1.62. The van der Waals surface area contributed by atoms with Gasteiger partial charge in [-0.3, -0.25) is 0 Å². The van der Waals surface area contributed by atoms with Gasteiger partial charge in [-0.2, -0.15) is 0 Å². The molecule has 92 valence electrons. The Morgan fingerprint density at radius 1 is 0.944 bits per heavy atom. The highest BCUT2D eigenvalue weighted by Crippen LogP contribution is 2.26. The highest BCUT2D eigenvalue weighted by molar-refractivity contribution is 6.35. The molecule has 2 rings (SSSR count). The van der Waals surface area contributed by atoms with Gasteiger partial charge < -0.3 is 0 Å². The number of hydrogen-bond donors (Lipinski definition) is 0. The first kappa shape index (κ1) is 13.1. The van der Waals surface area contributed by atoms with E-state index in [1.54, 1.807) is 6.08 Å². The summed E-state index contributed by atoms with van der Waals surface area (Å²) in [5.74, 6) is -0.467. The molecule has 18 heavy (non-hydrogen) atoms. The van der Waals surface area contributed by atoms with E-state index in [2.05, 4.69) is 0 Å².